The Hall–Kier alpha value is -1.78. The highest BCUT2D eigenvalue weighted by Gasteiger charge is 2.06. The topological polar surface area (TPSA) is 63.0 Å². The Morgan fingerprint density at radius 1 is 1.22 bits per heavy atom. The number of nitrogen functional groups attached to an aromatic ring is 1. The summed E-state index contributed by atoms with van der Waals surface area (Å²) in [6.45, 7) is 0. The van der Waals surface area contributed by atoms with Gasteiger partial charge in [0.2, 0.25) is 0 Å². The molecule has 3 N–H and O–H groups in total. The van der Waals surface area contributed by atoms with Crippen LogP contribution in [0, 0.1) is 5.41 Å². The second-order valence-electron chi connectivity index (χ2n) is 3.75. The van der Waals surface area contributed by atoms with E-state index in [1.165, 1.54) is 11.3 Å². The van der Waals surface area contributed by atoms with Gasteiger partial charge in [-0.15, -0.1) is 23.7 Å². The average Bonchev–Trinajstić information content (AvgIpc) is 2.97. The van der Waals surface area contributed by atoms with Crippen LogP contribution in [0.25, 0.3) is 21.4 Å². The molecular weight excluding hydrogens is 268 g/mol. The van der Waals surface area contributed by atoms with Gasteiger partial charge >= 0.3 is 0 Å². The highest BCUT2D eigenvalue weighted by Crippen LogP contribution is 2.30. The minimum Gasteiger partial charge on any atom is -0.464 e. The van der Waals surface area contributed by atoms with Gasteiger partial charge in [-0.3, -0.25) is 5.41 Å². The van der Waals surface area contributed by atoms with Crippen molar-refractivity contribution in [1.82, 2.24) is 0 Å². The Kier molecular flexibility index (Phi) is 3.41. The molecule has 5 heteroatoms. The van der Waals surface area contributed by atoms with Crippen LogP contribution in [0.3, 0.4) is 0 Å². The molecule has 0 saturated carbocycles. The Morgan fingerprint density at radius 2 is 2.06 bits per heavy atom. The van der Waals surface area contributed by atoms with E-state index >= 15 is 0 Å². The van der Waals surface area contributed by atoms with Crippen molar-refractivity contribution < 1.29 is 4.42 Å². The minimum absolute atomic E-state index is 0. The fraction of sp³-hybridized carbons (Fsp3) is 0. The van der Waals surface area contributed by atoms with Crippen molar-refractivity contribution in [3.05, 3.63) is 47.5 Å². The van der Waals surface area contributed by atoms with Gasteiger partial charge in [-0.25, -0.2) is 0 Å². The number of nitrogens with one attached hydrogen (secondary N) is 1. The molecule has 0 aliphatic rings. The summed E-state index contributed by atoms with van der Waals surface area (Å²) in [6, 6.07) is 11.8. The molecular formula is C13H11ClN2OS. The van der Waals surface area contributed by atoms with Crippen LogP contribution in [0.4, 0.5) is 0 Å². The molecule has 0 atom stereocenters. The van der Waals surface area contributed by atoms with Crippen molar-refractivity contribution in [2.24, 2.45) is 5.73 Å². The van der Waals surface area contributed by atoms with Crippen LogP contribution < -0.4 is 5.73 Å². The lowest BCUT2D eigenvalue weighted by atomic mass is 10.1. The zero-order valence-corrected chi connectivity index (χ0v) is 11.0. The van der Waals surface area contributed by atoms with Crippen LogP contribution in [-0.2, 0) is 0 Å². The molecule has 0 radical (unpaired) electrons. The smallest absolute Gasteiger partial charge is 0.133 e. The molecule has 0 aliphatic heterocycles. The van der Waals surface area contributed by atoms with Crippen LogP contribution in [0.1, 0.15) is 4.88 Å². The summed E-state index contributed by atoms with van der Waals surface area (Å²) in [5.41, 5.74) is 6.52. The number of nitrogens with two attached hydrogens (primary N) is 1. The lowest BCUT2D eigenvalue weighted by molar-refractivity contribution is 0.582. The SMILES string of the molecule is Cl.N=C(N)c1cc2cc(-c3ccco3)ccc2s1. The number of rotatable bonds is 2. The summed E-state index contributed by atoms with van der Waals surface area (Å²) in [7, 11) is 0. The molecule has 0 spiro atoms. The highest BCUT2D eigenvalue weighted by molar-refractivity contribution is 7.20. The first kappa shape index (κ1) is 12.7. The van der Waals surface area contributed by atoms with Gasteiger partial charge in [-0.1, -0.05) is 0 Å². The standard InChI is InChI=1S/C13H10N2OS.ClH/c14-13(15)12-7-9-6-8(3-4-11(9)17-12)10-2-1-5-16-10;/h1-7H,(H3,14,15);1H. The quantitative estimate of drug-likeness (QED) is 0.552. The number of furan rings is 1. The number of halogens is 1. The summed E-state index contributed by atoms with van der Waals surface area (Å²) in [5.74, 6) is 0.966. The van der Waals surface area contributed by atoms with E-state index in [1.54, 1.807) is 6.26 Å². The van der Waals surface area contributed by atoms with E-state index in [2.05, 4.69) is 6.07 Å². The summed E-state index contributed by atoms with van der Waals surface area (Å²) < 4.78 is 6.49. The lowest BCUT2D eigenvalue weighted by Gasteiger charge is -1.96. The third-order valence-electron chi connectivity index (χ3n) is 2.59. The van der Waals surface area contributed by atoms with Crippen molar-refractivity contribution in [3.8, 4) is 11.3 Å². The first-order valence-corrected chi connectivity index (χ1v) is 5.97. The van der Waals surface area contributed by atoms with E-state index in [4.69, 9.17) is 15.6 Å². The Morgan fingerprint density at radius 3 is 2.72 bits per heavy atom. The van der Waals surface area contributed by atoms with Gasteiger partial charge in [0.05, 0.1) is 11.1 Å². The number of benzene rings is 1. The second-order valence-corrected chi connectivity index (χ2v) is 4.84. The molecule has 3 rings (SSSR count). The second kappa shape index (κ2) is 4.84. The average molecular weight is 279 g/mol. The molecule has 92 valence electrons. The van der Waals surface area contributed by atoms with E-state index < -0.39 is 0 Å². The number of thiophene rings is 1. The molecule has 0 saturated heterocycles. The first-order chi connectivity index (χ1) is 8.24. The molecule has 0 aliphatic carbocycles. The molecule has 0 bridgehead atoms. The normalized spacial score (nSPS) is 10.2. The van der Waals surface area contributed by atoms with Gasteiger partial charge in [0.15, 0.2) is 0 Å². The summed E-state index contributed by atoms with van der Waals surface area (Å²) in [5, 5.41) is 8.52. The molecule has 0 amide bonds. The highest BCUT2D eigenvalue weighted by atomic mass is 35.5. The Bertz CT molecular complexity index is 688. The Balaban J connectivity index is 0.00000120. The van der Waals surface area contributed by atoms with Crippen molar-refractivity contribution >= 4 is 39.7 Å². The first-order valence-electron chi connectivity index (χ1n) is 5.16. The summed E-state index contributed by atoms with van der Waals surface area (Å²) in [4.78, 5) is 0.802. The van der Waals surface area contributed by atoms with Gasteiger partial charge in [0.25, 0.3) is 0 Å². The van der Waals surface area contributed by atoms with Crippen LogP contribution in [0.2, 0.25) is 0 Å². The molecule has 2 heterocycles. The minimum atomic E-state index is 0. The molecule has 0 unspecified atom stereocenters. The van der Waals surface area contributed by atoms with Crippen molar-refractivity contribution in [1.29, 1.82) is 5.41 Å². The van der Waals surface area contributed by atoms with Crippen molar-refractivity contribution in [3.63, 3.8) is 0 Å². The van der Waals surface area contributed by atoms with Crippen LogP contribution in [0.5, 0.6) is 0 Å². The maximum Gasteiger partial charge on any atom is 0.133 e. The van der Waals surface area contributed by atoms with E-state index in [9.17, 15) is 0 Å². The number of hydrogen-bond acceptors (Lipinski definition) is 3. The molecule has 2 aromatic heterocycles. The fourth-order valence-electron chi connectivity index (χ4n) is 1.77. The molecule has 3 aromatic rings. The summed E-state index contributed by atoms with van der Waals surface area (Å²) >= 11 is 1.53. The predicted octanol–water partition coefficient (Wildman–Crippen LogP) is 3.87. The number of fused-ring (bicyclic) bond motifs is 1. The molecule has 3 nitrogen and oxygen atoms in total. The maximum absolute atomic E-state index is 7.43. The van der Waals surface area contributed by atoms with Crippen LogP contribution >= 0.6 is 23.7 Å². The molecule has 18 heavy (non-hydrogen) atoms. The van der Waals surface area contributed by atoms with Gasteiger partial charge < -0.3 is 10.2 Å². The Labute approximate surface area is 114 Å². The van der Waals surface area contributed by atoms with E-state index in [0.29, 0.717) is 0 Å². The fourth-order valence-corrected chi connectivity index (χ4v) is 2.68. The van der Waals surface area contributed by atoms with Gasteiger partial charge in [0.1, 0.15) is 11.6 Å². The molecule has 1 aromatic carbocycles. The van der Waals surface area contributed by atoms with Crippen LogP contribution in [0.15, 0.2) is 47.1 Å². The van der Waals surface area contributed by atoms with E-state index in [-0.39, 0.29) is 18.2 Å². The van der Waals surface area contributed by atoms with E-state index in [0.717, 1.165) is 26.3 Å². The number of hydrogen-bond donors (Lipinski definition) is 2. The zero-order valence-electron chi connectivity index (χ0n) is 9.34. The van der Waals surface area contributed by atoms with Gasteiger partial charge in [-0.05, 0) is 41.8 Å². The van der Waals surface area contributed by atoms with Crippen LogP contribution in [-0.4, -0.2) is 5.84 Å². The molecule has 0 fully saturated rings. The number of amidine groups is 1. The van der Waals surface area contributed by atoms with Crippen molar-refractivity contribution in [2.75, 3.05) is 0 Å². The zero-order chi connectivity index (χ0) is 11.8. The summed E-state index contributed by atoms with van der Waals surface area (Å²) in [6.07, 6.45) is 1.66. The monoisotopic (exact) mass is 278 g/mol. The largest absolute Gasteiger partial charge is 0.464 e. The third-order valence-corrected chi connectivity index (χ3v) is 3.74. The van der Waals surface area contributed by atoms with Gasteiger partial charge in [0, 0.05) is 10.3 Å². The van der Waals surface area contributed by atoms with Crippen molar-refractivity contribution in [2.45, 2.75) is 0 Å². The lowest BCUT2D eigenvalue weighted by Crippen LogP contribution is -2.08. The van der Waals surface area contributed by atoms with Gasteiger partial charge in [-0.2, -0.15) is 0 Å². The van der Waals surface area contributed by atoms with E-state index in [1.807, 2.05) is 30.3 Å². The predicted molar refractivity (Wildman–Crippen MR) is 77.8 cm³/mol. The maximum atomic E-state index is 7.43. The third kappa shape index (κ3) is 2.12.